The highest BCUT2D eigenvalue weighted by Gasteiger charge is 2.25. The lowest BCUT2D eigenvalue weighted by atomic mass is 10.1. The number of amides is 1. The van der Waals surface area contributed by atoms with Crippen molar-refractivity contribution in [3.63, 3.8) is 0 Å². The maximum atomic E-state index is 11.6. The van der Waals surface area contributed by atoms with E-state index in [0.29, 0.717) is 17.0 Å². The van der Waals surface area contributed by atoms with Crippen LogP contribution in [0.1, 0.15) is 24.0 Å². The number of hydrogen-bond donors (Lipinski definition) is 1. The molecule has 2 rings (SSSR count). The first-order valence-electron chi connectivity index (χ1n) is 6.57. The third kappa shape index (κ3) is 3.27. The number of carbonyl (C=O) groups is 1. The highest BCUT2D eigenvalue weighted by molar-refractivity contribution is 5.81. The van der Waals surface area contributed by atoms with Crippen LogP contribution in [0.15, 0.2) is 18.2 Å². The molecule has 1 amide bonds. The molecule has 1 aromatic carbocycles. The molecular formula is C15H16N4O. The van der Waals surface area contributed by atoms with Gasteiger partial charge in [0.2, 0.25) is 5.91 Å². The van der Waals surface area contributed by atoms with Crippen LogP contribution < -0.4 is 10.2 Å². The molecule has 0 atom stereocenters. The summed E-state index contributed by atoms with van der Waals surface area (Å²) in [5.74, 6) is 0.564. The van der Waals surface area contributed by atoms with Crippen molar-refractivity contribution in [1.29, 1.82) is 10.5 Å². The van der Waals surface area contributed by atoms with Crippen molar-refractivity contribution in [2.75, 3.05) is 25.0 Å². The van der Waals surface area contributed by atoms with Gasteiger partial charge in [0.15, 0.2) is 0 Å². The van der Waals surface area contributed by atoms with E-state index in [1.54, 1.807) is 25.2 Å². The van der Waals surface area contributed by atoms with E-state index in [1.807, 2.05) is 17.0 Å². The summed E-state index contributed by atoms with van der Waals surface area (Å²) in [4.78, 5) is 13.6. The van der Waals surface area contributed by atoms with E-state index < -0.39 is 0 Å². The normalized spacial score (nSPS) is 13.2. The Hall–Kier alpha value is -2.53. The monoisotopic (exact) mass is 268 g/mol. The fourth-order valence-corrected chi connectivity index (χ4v) is 2.04. The Balaban J connectivity index is 2.25. The number of nitrogens with zero attached hydrogens (tertiary/aromatic N) is 3. The number of anilines is 1. The Morgan fingerprint density at radius 3 is 2.60 bits per heavy atom. The lowest BCUT2D eigenvalue weighted by molar-refractivity contribution is -0.119. The highest BCUT2D eigenvalue weighted by Crippen LogP contribution is 2.31. The van der Waals surface area contributed by atoms with Crippen LogP contribution in [0.3, 0.4) is 0 Å². The standard InChI is InChI=1S/C15H16N4O/c1-18-15(20)10-19(9-11-2-3-11)14-5-4-12(7-16)13(6-14)8-17/h4-6,11H,2-3,9-10H2,1H3,(H,18,20). The van der Waals surface area contributed by atoms with Gasteiger partial charge in [-0.25, -0.2) is 0 Å². The minimum Gasteiger partial charge on any atom is -0.362 e. The lowest BCUT2D eigenvalue weighted by Gasteiger charge is -2.24. The van der Waals surface area contributed by atoms with Gasteiger partial charge in [0.1, 0.15) is 12.1 Å². The van der Waals surface area contributed by atoms with Gasteiger partial charge < -0.3 is 10.2 Å². The molecule has 0 heterocycles. The van der Waals surface area contributed by atoms with Crippen molar-refractivity contribution in [2.45, 2.75) is 12.8 Å². The van der Waals surface area contributed by atoms with Gasteiger partial charge in [0.25, 0.3) is 0 Å². The molecule has 0 aromatic heterocycles. The van der Waals surface area contributed by atoms with E-state index in [1.165, 1.54) is 12.8 Å². The van der Waals surface area contributed by atoms with Gasteiger partial charge >= 0.3 is 0 Å². The average Bonchev–Trinajstić information content (AvgIpc) is 3.29. The molecule has 0 spiro atoms. The molecule has 1 aromatic rings. The smallest absolute Gasteiger partial charge is 0.239 e. The second-order valence-electron chi connectivity index (χ2n) is 4.95. The molecule has 1 fully saturated rings. The number of rotatable bonds is 5. The third-order valence-corrected chi connectivity index (χ3v) is 3.40. The van der Waals surface area contributed by atoms with Crippen LogP contribution in [0.2, 0.25) is 0 Å². The fourth-order valence-electron chi connectivity index (χ4n) is 2.04. The van der Waals surface area contributed by atoms with E-state index in [4.69, 9.17) is 10.5 Å². The van der Waals surface area contributed by atoms with Gasteiger partial charge in [-0.05, 0) is 37.0 Å². The Labute approximate surface area is 118 Å². The van der Waals surface area contributed by atoms with Crippen LogP contribution in [0, 0.1) is 28.6 Å². The van der Waals surface area contributed by atoms with E-state index in [-0.39, 0.29) is 12.5 Å². The van der Waals surface area contributed by atoms with E-state index >= 15 is 0 Å². The minimum atomic E-state index is -0.0616. The quantitative estimate of drug-likeness (QED) is 0.875. The van der Waals surface area contributed by atoms with Crippen LogP contribution in [-0.2, 0) is 4.79 Å². The Kier molecular flexibility index (Phi) is 4.22. The molecule has 1 saturated carbocycles. The molecule has 0 unspecified atom stereocenters. The minimum absolute atomic E-state index is 0.0616. The summed E-state index contributed by atoms with van der Waals surface area (Å²) in [5.41, 5.74) is 1.53. The number of carbonyl (C=O) groups excluding carboxylic acids is 1. The zero-order chi connectivity index (χ0) is 14.5. The molecule has 5 nitrogen and oxygen atoms in total. The largest absolute Gasteiger partial charge is 0.362 e. The molecule has 5 heteroatoms. The van der Waals surface area contributed by atoms with Gasteiger partial charge in [-0.15, -0.1) is 0 Å². The lowest BCUT2D eigenvalue weighted by Crippen LogP contribution is -2.37. The summed E-state index contributed by atoms with van der Waals surface area (Å²) in [6, 6.07) is 9.14. The predicted octanol–water partition coefficient (Wildman–Crippen LogP) is 1.39. The van der Waals surface area contributed by atoms with Gasteiger partial charge in [0, 0.05) is 19.3 Å². The maximum Gasteiger partial charge on any atom is 0.239 e. The van der Waals surface area contributed by atoms with E-state index in [2.05, 4.69) is 5.32 Å². The number of hydrogen-bond acceptors (Lipinski definition) is 4. The molecule has 0 aliphatic heterocycles. The molecule has 20 heavy (non-hydrogen) atoms. The molecule has 1 N–H and O–H groups in total. The van der Waals surface area contributed by atoms with Crippen molar-refractivity contribution >= 4 is 11.6 Å². The Morgan fingerprint density at radius 2 is 2.05 bits per heavy atom. The van der Waals surface area contributed by atoms with Crippen molar-refractivity contribution < 1.29 is 4.79 Å². The summed E-state index contributed by atoms with van der Waals surface area (Å²) < 4.78 is 0. The average molecular weight is 268 g/mol. The first-order chi connectivity index (χ1) is 9.67. The summed E-state index contributed by atoms with van der Waals surface area (Å²) in [5, 5.41) is 20.6. The second-order valence-corrected chi connectivity index (χ2v) is 4.95. The fraction of sp³-hybridized carbons (Fsp3) is 0.400. The molecule has 1 aliphatic carbocycles. The van der Waals surface area contributed by atoms with Crippen molar-refractivity contribution in [3.8, 4) is 12.1 Å². The third-order valence-electron chi connectivity index (χ3n) is 3.40. The molecule has 0 bridgehead atoms. The number of likely N-dealkylation sites (N-methyl/N-ethyl adjacent to an activating group) is 1. The van der Waals surface area contributed by atoms with E-state index in [9.17, 15) is 4.79 Å². The van der Waals surface area contributed by atoms with E-state index in [0.717, 1.165) is 12.2 Å². The summed E-state index contributed by atoms with van der Waals surface area (Å²) in [6.07, 6.45) is 2.37. The van der Waals surface area contributed by atoms with Crippen LogP contribution in [0.5, 0.6) is 0 Å². The molecule has 102 valence electrons. The zero-order valence-corrected chi connectivity index (χ0v) is 11.4. The topological polar surface area (TPSA) is 79.9 Å². The van der Waals surface area contributed by atoms with Crippen LogP contribution in [0.25, 0.3) is 0 Å². The van der Waals surface area contributed by atoms with Crippen molar-refractivity contribution in [2.24, 2.45) is 5.92 Å². The summed E-state index contributed by atoms with van der Waals surface area (Å²) in [6.45, 7) is 1.08. The Morgan fingerprint density at radius 1 is 1.35 bits per heavy atom. The first kappa shape index (κ1) is 13.9. The van der Waals surface area contributed by atoms with Gasteiger partial charge in [0.05, 0.1) is 17.7 Å². The molecule has 0 saturated heterocycles. The van der Waals surface area contributed by atoms with Crippen molar-refractivity contribution in [3.05, 3.63) is 29.3 Å². The van der Waals surface area contributed by atoms with Crippen LogP contribution in [-0.4, -0.2) is 26.0 Å². The van der Waals surface area contributed by atoms with Gasteiger partial charge in [-0.3, -0.25) is 4.79 Å². The maximum absolute atomic E-state index is 11.6. The van der Waals surface area contributed by atoms with Crippen molar-refractivity contribution in [1.82, 2.24) is 5.32 Å². The first-order valence-corrected chi connectivity index (χ1v) is 6.57. The molecule has 1 aliphatic rings. The number of nitrogens with one attached hydrogen (secondary N) is 1. The second kappa shape index (κ2) is 6.08. The summed E-state index contributed by atoms with van der Waals surface area (Å²) >= 11 is 0. The zero-order valence-electron chi connectivity index (χ0n) is 11.4. The summed E-state index contributed by atoms with van der Waals surface area (Å²) in [7, 11) is 1.61. The predicted molar refractivity (Wildman–Crippen MR) is 74.9 cm³/mol. The number of benzene rings is 1. The highest BCUT2D eigenvalue weighted by atomic mass is 16.1. The SMILES string of the molecule is CNC(=O)CN(CC1CC1)c1ccc(C#N)c(C#N)c1. The van der Waals surface area contributed by atoms with Crippen LogP contribution >= 0.6 is 0 Å². The van der Waals surface area contributed by atoms with Gasteiger partial charge in [-0.2, -0.15) is 10.5 Å². The van der Waals surface area contributed by atoms with Gasteiger partial charge in [-0.1, -0.05) is 0 Å². The molecular weight excluding hydrogens is 252 g/mol. The molecule has 0 radical (unpaired) electrons. The Bertz CT molecular complexity index is 593. The number of nitriles is 2. The van der Waals surface area contributed by atoms with Crippen LogP contribution in [0.4, 0.5) is 5.69 Å².